The van der Waals surface area contributed by atoms with Crippen LogP contribution in [0.5, 0.6) is 0 Å². The Morgan fingerprint density at radius 3 is 2.93 bits per heavy atom. The van der Waals surface area contributed by atoms with Crippen molar-refractivity contribution in [2.45, 2.75) is 39.3 Å². The first-order valence-electron chi connectivity index (χ1n) is 10.3. The zero-order valence-corrected chi connectivity index (χ0v) is 17.2. The molecule has 2 atom stereocenters. The quantitative estimate of drug-likeness (QED) is 0.720. The Bertz CT molecular complexity index is 773. The summed E-state index contributed by atoms with van der Waals surface area (Å²) in [5.41, 5.74) is 1.70. The molecule has 1 amide bonds. The first kappa shape index (κ1) is 20.7. The minimum Gasteiger partial charge on any atom is -0.376 e. The molecule has 6 nitrogen and oxygen atoms in total. The molecule has 0 bridgehead atoms. The summed E-state index contributed by atoms with van der Waals surface area (Å²) in [6.45, 7) is 11.8. The first-order valence-corrected chi connectivity index (χ1v) is 10.3. The number of anilines is 1. The van der Waals surface area contributed by atoms with Gasteiger partial charge in [-0.25, -0.2) is 0 Å². The summed E-state index contributed by atoms with van der Waals surface area (Å²) >= 11 is 0. The van der Waals surface area contributed by atoms with E-state index in [-0.39, 0.29) is 18.1 Å². The van der Waals surface area contributed by atoms with Gasteiger partial charge in [-0.05, 0) is 50.7 Å². The predicted octanol–water partition coefficient (Wildman–Crippen LogP) is 2.99. The molecule has 1 saturated heterocycles. The number of nitrogens with zero attached hydrogens (tertiary/aromatic N) is 3. The van der Waals surface area contributed by atoms with E-state index in [0.29, 0.717) is 0 Å². The smallest absolute Gasteiger partial charge is 0.241 e. The van der Waals surface area contributed by atoms with Gasteiger partial charge in [0.2, 0.25) is 5.91 Å². The number of carbonyl (C=O) groups is 1. The van der Waals surface area contributed by atoms with Gasteiger partial charge < -0.3 is 15.0 Å². The lowest BCUT2D eigenvalue weighted by atomic mass is 10.1. The summed E-state index contributed by atoms with van der Waals surface area (Å²) in [4.78, 5) is 21.7. The number of fused-ring (bicyclic) bond motifs is 1. The van der Waals surface area contributed by atoms with Crippen molar-refractivity contribution >= 4 is 22.5 Å². The molecule has 0 aliphatic carbocycles. The predicted molar refractivity (Wildman–Crippen MR) is 114 cm³/mol. The highest BCUT2D eigenvalue weighted by atomic mass is 16.5. The Balaban J connectivity index is 1.51. The number of hydrogen-bond donors (Lipinski definition) is 1. The van der Waals surface area contributed by atoms with Gasteiger partial charge in [-0.1, -0.05) is 19.9 Å². The minimum atomic E-state index is -0.191. The summed E-state index contributed by atoms with van der Waals surface area (Å²) in [7, 11) is 0. The Morgan fingerprint density at radius 1 is 1.32 bits per heavy atom. The monoisotopic (exact) mass is 384 g/mol. The van der Waals surface area contributed by atoms with Crippen LogP contribution in [-0.4, -0.2) is 72.2 Å². The summed E-state index contributed by atoms with van der Waals surface area (Å²) in [6, 6.07) is 9.49. The van der Waals surface area contributed by atoms with Gasteiger partial charge in [0.05, 0.1) is 30.0 Å². The Labute approximate surface area is 167 Å². The normalized spacial score (nSPS) is 18.6. The number of carbonyl (C=O) groups excluding carboxylic acids is 1. The van der Waals surface area contributed by atoms with Crippen LogP contribution in [0.3, 0.4) is 0 Å². The molecule has 0 unspecified atom stereocenters. The molecule has 1 fully saturated rings. The van der Waals surface area contributed by atoms with Crippen molar-refractivity contribution in [2.75, 3.05) is 44.6 Å². The zero-order chi connectivity index (χ0) is 19.9. The van der Waals surface area contributed by atoms with E-state index in [2.05, 4.69) is 33.9 Å². The molecular formula is C22H32N4O2. The van der Waals surface area contributed by atoms with E-state index in [4.69, 9.17) is 4.74 Å². The van der Waals surface area contributed by atoms with Gasteiger partial charge in [-0.3, -0.25) is 14.7 Å². The zero-order valence-electron chi connectivity index (χ0n) is 17.2. The molecule has 28 heavy (non-hydrogen) atoms. The van der Waals surface area contributed by atoms with Crippen molar-refractivity contribution in [2.24, 2.45) is 0 Å². The molecule has 1 aliphatic rings. The van der Waals surface area contributed by atoms with E-state index < -0.39 is 0 Å². The molecule has 3 rings (SSSR count). The number of ether oxygens (including phenoxy) is 1. The summed E-state index contributed by atoms with van der Waals surface area (Å²) in [6.07, 6.45) is 2.96. The van der Waals surface area contributed by atoms with Crippen LogP contribution < -0.4 is 5.32 Å². The SMILES string of the molecule is CCN(CC)CCO[C@@H]1CCN([C@@H](C)C(=O)Nc2cccc3ncccc23)C1. The van der Waals surface area contributed by atoms with Crippen molar-refractivity contribution in [1.29, 1.82) is 0 Å². The molecule has 2 aromatic rings. The number of aromatic nitrogens is 1. The van der Waals surface area contributed by atoms with E-state index in [9.17, 15) is 4.79 Å². The maximum absolute atomic E-state index is 12.8. The van der Waals surface area contributed by atoms with Gasteiger partial charge in [0, 0.05) is 31.2 Å². The fraction of sp³-hybridized carbons (Fsp3) is 0.545. The number of likely N-dealkylation sites (N-methyl/N-ethyl adjacent to an activating group) is 1. The molecule has 1 aliphatic heterocycles. The average molecular weight is 385 g/mol. The average Bonchev–Trinajstić information content (AvgIpc) is 3.20. The minimum absolute atomic E-state index is 0.0140. The molecule has 1 aromatic heterocycles. The number of likely N-dealkylation sites (tertiary alicyclic amines) is 1. The van der Waals surface area contributed by atoms with E-state index in [1.54, 1.807) is 6.20 Å². The molecule has 0 radical (unpaired) electrons. The number of hydrogen-bond acceptors (Lipinski definition) is 5. The third kappa shape index (κ3) is 5.07. The van der Waals surface area contributed by atoms with Crippen LogP contribution >= 0.6 is 0 Å². The Hall–Kier alpha value is -2.02. The van der Waals surface area contributed by atoms with Crippen molar-refractivity contribution in [3.8, 4) is 0 Å². The van der Waals surface area contributed by atoms with E-state index in [1.807, 2.05) is 37.3 Å². The van der Waals surface area contributed by atoms with E-state index in [1.165, 1.54) is 0 Å². The topological polar surface area (TPSA) is 57.7 Å². The van der Waals surface area contributed by atoms with Gasteiger partial charge >= 0.3 is 0 Å². The third-order valence-corrected chi connectivity index (χ3v) is 5.66. The summed E-state index contributed by atoms with van der Waals surface area (Å²) < 4.78 is 6.05. The summed E-state index contributed by atoms with van der Waals surface area (Å²) in [5, 5.41) is 4.04. The van der Waals surface area contributed by atoms with Crippen molar-refractivity contribution in [3.63, 3.8) is 0 Å². The van der Waals surface area contributed by atoms with Crippen molar-refractivity contribution in [3.05, 3.63) is 36.5 Å². The van der Waals surface area contributed by atoms with Gasteiger partial charge in [0.15, 0.2) is 0 Å². The second-order valence-corrected chi connectivity index (χ2v) is 7.34. The molecule has 2 heterocycles. The highest BCUT2D eigenvalue weighted by Crippen LogP contribution is 2.22. The standard InChI is InChI=1S/C22H32N4O2/c1-4-25(5-2)14-15-28-18-11-13-26(16-18)17(3)22(27)24-21-10-6-9-20-19(21)8-7-12-23-20/h6-10,12,17-18H,4-5,11,13-16H2,1-3H3,(H,24,27)/t17-,18+/m0/s1. The number of rotatable bonds is 9. The van der Waals surface area contributed by atoms with Crippen LogP contribution in [0.2, 0.25) is 0 Å². The Morgan fingerprint density at radius 2 is 2.14 bits per heavy atom. The van der Waals surface area contributed by atoms with Crippen LogP contribution in [-0.2, 0) is 9.53 Å². The molecule has 0 saturated carbocycles. The highest BCUT2D eigenvalue weighted by molar-refractivity contribution is 6.02. The first-order chi connectivity index (χ1) is 13.6. The second kappa shape index (κ2) is 9.96. The molecule has 6 heteroatoms. The van der Waals surface area contributed by atoms with Crippen LogP contribution in [0.25, 0.3) is 10.9 Å². The lowest BCUT2D eigenvalue weighted by Gasteiger charge is -2.24. The van der Waals surface area contributed by atoms with Crippen LogP contribution in [0.15, 0.2) is 36.5 Å². The lowest BCUT2D eigenvalue weighted by Crippen LogP contribution is -2.41. The van der Waals surface area contributed by atoms with Gasteiger partial charge in [0.25, 0.3) is 0 Å². The van der Waals surface area contributed by atoms with E-state index in [0.717, 1.165) is 62.3 Å². The molecule has 0 spiro atoms. The van der Waals surface area contributed by atoms with Gasteiger partial charge in [-0.2, -0.15) is 0 Å². The highest BCUT2D eigenvalue weighted by Gasteiger charge is 2.30. The maximum atomic E-state index is 12.8. The lowest BCUT2D eigenvalue weighted by molar-refractivity contribution is -0.120. The fourth-order valence-electron chi connectivity index (χ4n) is 3.75. The summed E-state index contributed by atoms with van der Waals surface area (Å²) in [5.74, 6) is 0.0140. The van der Waals surface area contributed by atoms with Gasteiger partial charge in [0.1, 0.15) is 0 Å². The number of nitrogens with one attached hydrogen (secondary N) is 1. The van der Waals surface area contributed by atoms with Crippen LogP contribution in [0.1, 0.15) is 27.2 Å². The molecule has 152 valence electrons. The largest absolute Gasteiger partial charge is 0.376 e. The molecular weight excluding hydrogens is 352 g/mol. The van der Waals surface area contributed by atoms with Crippen LogP contribution in [0, 0.1) is 0 Å². The molecule has 1 N–H and O–H groups in total. The fourth-order valence-corrected chi connectivity index (χ4v) is 3.75. The van der Waals surface area contributed by atoms with Crippen molar-refractivity contribution in [1.82, 2.24) is 14.8 Å². The third-order valence-electron chi connectivity index (χ3n) is 5.66. The van der Waals surface area contributed by atoms with Gasteiger partial charge in [-0.15, -0.1) is 0 Å². The van der Waals surface area contributed by atoms with E-state index >= 15 is 0 Å². The van der Waals surface area contributed by atoms with Crippen molar-refractivity contribution < 1.29 is 9.53 Å². The molecule has 1 aromatic carbocycles. The Kier molecular flexibility index (Phi) is 7.36. The number of pyridine rings is 1. The van der Waals surface area contributed by atoms with Crippen LogP contribution in [0.4, 0.5) is 5.69 Å². The number of amides is 1. The second-order valence-electron chi connectivity index (χ2n) is 7.34. The maximum Gasteiger partial charge on any atom is 0.241 e. The number of benzene rings is 1.